The molecule has 0 radical (unpaired) electrons. The lowest BCUT2D eigenvalue weighted by molar-refractivity contribution is -0.130. The van der Waals surface area contributed by atoms with E-state index in [1.165, 1.54) is 0 Å². The van der Waals surface area contributed by atoms with Crippen molar-refractivity contribution in [2.45, 2.75) is 25.4 Å². The van der Waals surface area contributed by atoms with Crippen LogP contribution in [0.2, 0.25) is 5.02 Å². The molecule has 1 atom stereocenters. The van der Waals surface area contributed by atoms with E-state index in [4.69, 9.17) is 16.3 Å². The van der Waals surface area contributed by atoms with E-state index in [2.05, 4.69) is 5.32 Å². The molecule has 1 amide bonds. The Morgan fingerprint density at radius 3 is 2.85 bits per heavy atom. The highest BCUT2D eigenvalue weighted by atomic mass is 35.5. The Balaban J connectivity index is 1.91. The second-order valence-electron chi connectivity index (χ2n) is 5.46. The highest BCUT2D eigenvalue weighted by molar-refractivity contribution is 6.30. The quantitative estimate of drug-likeness (QED) is 0.847. The summed E-state index contributed by atoms with van der Waals surface area (Å²) < 4.78 is 5.21. The standard InChI is InChI=1S/C15H20ClNO3/c1-20-10-15(6-3-7-15)9-17-14(19)13(18)11-4-2-5-12(16)8-11/h2,4-5,8,13,18H,3,6-7,9-10H2,1H3,(H,17,19)/t13-/m1/s1. The van der Waals surface area contributed by atoms with Crippen molar-refractivity contribution in [3.05, 3.63) is 34.9 Å². The van der Waals surface area contributed by atoms with Crippen LogP contribution in [0.5, 0.6) is 0 Å². The first-order valence-electron chi connectivity index (χ1n) is 6.76. The normalized spacial score (nSPS) is 18.1. The van der Waals surface area contributed by atoms with Gasteiger partial charge in [0, 0.05) is 24.1 Å². The Morgan fingerprint density at radius 1 is 1.55 bits per heavy atom. The molecule has 20 heavy (non-hydrogen) atoms. The third-order valence-electron chi connectivity index (χ3n) is 3.92. The van der Waals surface area contributed by atoms with Gasteiger partial charge in [0.15, 0.2) is 6.10 Å². The molecule has 1 saturated carbocycles. The fraction of sp³-hybridized carbons (Fsp3) is 0.533. The van der Waals surface area contributed by atoms with Gasteiger partial charge < -0.3 is 15.2 Å². The molecule has 4 nitrogen and oxygen atoms in total. The molecule has 1 aliphatic rings. The van der Waals surface area contributed by atoms with Gasteiger partial charge in [0.2, 0.25) is 0 Å². The number of amides is 1. The van der Waals surface area contributed by atoms with Crippen LogP contribution in [0.1, 0.15) is 30.9 Å². The van der Waals surface area contributed by atoms with E-state index in [9.17, 15) is 9.90 Å². The van der Waals surface area contributed by atoms with E-state index >= 15 is 0 Å². The zero-order valence-corrected chi connectivity index (χ0v) is 12.3. The maximum atomic E-state index is 12.0. The number of nitrogens with one attached hydrogen (secondary N) is 1. The Labute approximate surface area is 124 Å². The maximum absolute atomic E-state index is 12.0. The van der Waals surface area contributed by atoms with Gasteiger partial charge in [-0.15, -0.1) is 0 Å². The van der Waals surface area contributed by atoms with Crippen LogP contribution in [0.15, 0.2) is 24.3 Å². The van der Waals surface area contributed by atoms with Gasteiger partial charge in [0.05, 0.1) is 6.61 Å². The lowest BCUT2D eigenvalue weighted by atomic mass is 9.69. The molecular formula is C15H20ClNO3. The van der Waals surface area contributed by atoms with Crippen molar-refractivity contribution in [3.8, 4) is 0 Å². The van der Waals surface area contributed by atoms with Crippen molar-refractivity contribution in [1.82, 2.24) is 5.32 Å². The number of carbonyl (C=O) groups is 1. The summed E-state index contributed by atoms with van der Waals surface area (Å²) in [6.45, 7) is 1.18. The Morgan fingerprint density at radius 2 is 2.30 bits per heavy atom. The summed E-state index contributed by atoms with van der Waals surface area (Å²) in [4.78, 5) is 12.0. The highest BCUT2D eigenvalue weighted by Gasteiger charge is 2.37. The zero-order chi connectivity index (χ0) is 14.6. The SMILES string of the molecule is COCC1(CNC(=O)[C@H](O)c2cccc(Cl)c2)CCC1. The van der Waals surface area contributed by atoms with E-state index in [-0.39, 0.29) is 5.41 Å². The van der Waals surface area contributed by atoms with Crippen LogP contribution in [0.25, 0.3) is 0 Å². The van der Waals surface area contributed by atoms with Crippen molar-refractivity contribution >= 4 is 17.5 Å². The molecule has 110 valence electrons. The van der Waals surface area contributed by atoms with Crippen molar-refractivity contribution in [2.75, 3.05) is 20.3 Å². The molecule has 0 bridgehead atoms. The molecule has 1 fully saturated rings. The molecule has 0 heterocycles. The lowest BCUT2D eigenvalue weighted by Gasteiger charge is -2.41. The number of benzene rings is 1. The van der Waals surface area contributed by atoms with Gasteiger partial charge in [-0.1, -0.05) is 30.2 Å². The number of ether oxygens (including phenoxy) is 1. The van der Waals surface area contributed by atoms with E-state index in [0.717, 1.165) is 19.3 Å². The predicted molar refractivity (Wildman–Crippen MR) is 77.6 cm³/mol. The molecule has 2 N–H and O–H groups in total. The summed E-state index contributed by atoms with van der Waals surface area (Å²) in [6, 6.07) is 6.70. The minimum atomic E-state index is -1.19. The second-order valence-corrected chi connectivity index (χ2v) is 5.90. The Kier molecular flexibility index (Phi) is 5.02. The van der Waals surface area contributed by atoms with Crippen LogP contribution in [0.4, 0.5) is 0 Å². The van der Waals surface area contributed by atoms with Gasteiger partial charge in [-0.2, -0.15) is 0 Å². The fourth-order valence-electron chi connectivity index (χ4n) is 2.55. The molecule has 0 aliphatic heterocycles. The van der Waals surface area contributed by atoms with Crippen molar-refractivity contribution in [1.29, 1.82) is 0 Å². The van der Waals surface area contributed by atoms with Crippen molar-refractivity contribution < 1.29 is 14.6 Å². The number of methoxy groups -OCH3 is 1. The number of carbonyl (C=O) groups excluding carboxylic acids is 1. The fourth-order valence-corrected chi connectivity index (χ4v) is 2.75. The van der Waals surface area contributed by atoms with Crippen LogP contribution in [-0.4, -0.2) is 31.3 Å². The first-order chi connectivity index (χ1) is 9.56. The third kappa shape index (κ3) is 3.51. The predicted octanol–water partition coefficient (Wildman–Crippen LogP) is 2.31. The summed E-state index contributed by atoms with van der Waals surface area (Å²) in [5.74, 6) is -0.394. The highest BCUT2D eigenvalue weighted by Crippen LogP contribution is 2.40. The Hall–Kier alpha value is -1.10. The van der Waals surface area contributed by atoms with Crippen molar-refractivity contribution in [3.63, 3.8) is 0 Å². The van der Waals surface area contributed by atoms with Gasteiger partial charge in [-0.3, -0.25) is 4.79 Å². The van der Waals surface area contributed by atoms with E-state index in [1.54, 1.807) is 31.4 Å². The molecule has 1 aromatic rings. The topological polar surface area (TPSA) is 58.6 Å². The van der Waals surface area contributed by atoms with Crippen LogP contribution in [-0.2, 0) is 9.53 Å². The summed E-state index contributed by atoms with van der Waals surface area (Å²) in [5, 5.41) is 13.3. The number of rotatable bonds is 6. The van der Waals surface area contributed by atoms with Crippen LogP contribution >= 0.6 is 11.6 Å². The summed E-state index contributed by atoms with van der Waals surface area (Å²) in [7, 11) is 1.67. The first kappa shape index (κ1) is 15.3. The molecule has 0 saturated heterocycles. The smallest absolute Gasteiger partial charge is 0.253 e. The number of aliphatic hydroxyl groups is 1. The van der Waals surface area contributed by atoms with Gasteiger partial charge >= 0.3 is 0 Å². The second kappa shape index (κ2) is 6.57. The van der Waals surface area contributed by atoms with E-state index in [1.807, 2.05) is 0 Å². The largest absolute Gasteiger partial charge is 0.384 e. The number of hydrogen-bond donors (Lipinski definition) is 2. The zero-order valence-electron chi connectivity index (χ0n) is 11.6. The van der Waals surface area contributed by atoms with Crippen LogP contribution in [0, 0.1) is 5.41 Å². The molecule has 1 aromatic carbocycles. The minimum Gasteiger partial charge on any atom is -0.384 e. The van der Waals surface area contributed by atoms with Gasteiger partial charge in [0.25, 0.3) is 5.91 Å². The average Bonchev–Trinajstić information content (AvgIpc) is 2.40. The lowest BCUT2D eigenvalue weighted by Crippen LogP contribution is -2.46. The summed E-state index contributed by atoms with van der Waals surface area (Å²) in [5.41, 5.74) is 0.544. The van der Waals surface area contributed by atoms with Crippen LogP contribution < -0.4 is 5.32 Å². The third-order valence-corrected chi connectivity index (χ3v) is 4.15. The summed E-state index contributed by atoms with van der Waals surface area (Å²) >= 11 is 5.86. The van der Waals surface area contributed by atoms with Gasteiger partial charge in [-0.25, -0.2) is 0 Å². The summed E-state index contributed by atoms with van der Waals surface area (Å²) in [6.07, 6.45) is 2.08. The van der Waals surface area contributed by atoms with E-state index < -0.39 is 12.0 Å². The molecule has 1 aliphatic carbocycles. The number of aliphatic hydroxyl groups excluding tert-OH is 1. The monoisotopic (exact) mass is 297 g/mol. The molecule has 5 heteroatoms. The molecule has 0 unspecified atom stereocenters. The van der Waals surface area contributed by atoms with E-state index in [0.29, 0.717) is 23.7 Å². The minimum absolute atomic E-state index is 0.0401. The maximum Gasteiger partial charge on any atom is 0.253 e. The average molecular weight is 298 g/mol. The number of hydrogen-bond acceptors (Lipinski definition) is 3. The number of halogens is 1. The Bertz CT molecular complexity index is 474. The molecular weight excluding hydrogens is 278 g/mol. The molecule has 0 spiro atoms. The van der Waals surface area contributed by atoms with Gasteiger partial charge in [-0.05, 0) is 30.5 Å². The first-order valence-corrected chi connectivity index (χ1v) is 7.14. The van der Waals surface area contributed by atoms with Crippen LogP contribution in [0.3, 0.4) is 0 Å². The van der Waals surface area contributed by atoms with Crippen molar-refractivity contribution in [2.24, 2.45) is 5.41 Å². The van der Waals surface area contributed by atoms with Gasteiger partial charge in [0.1, 0.15) is 0 Å². The molecule has 0 aromatic heterocycles. The molecule has 2 rings (SSSR count).